The van der Waals surface area contributed by atoms with Gasteiger partial charge in [0.1, 0.15) is 13.2 Å². The predicted molar refractivity (Wildman–Crippen MR) is 53.0 cm³/mol. The van der Waals surface area contributed by atoms with Crippen LogP contribution in [0.15, 0.2) is 12.1 Å². The van der Waals surface area contributed by atoms with Crippen molar-refractivity contribution in [2.75, 3.05) is 19.8 Å². The van der Waals surface area contributed by atoms with Gasteiger partial charge < -0.3 is 14.6 Å². The third kappa shape index (κ3) is 1.55. The molecule has 3 heteroatoms. The predicted octanol–water partition coefficient (Wildman–Crippen LogP) is 1.30. The highest BCUT2D eigenvalue weighted by Gasteiger charge is 2.16. The van der Waals surface area contributed by atoms with Crippen LogP contribution in [-0.4, -0.2) is 24.9 Å². The third-order valence-electron chi connectivity index (χ3n) is 2.41. The Kier molecular flexibility index (Phi) is 2.59. The molecule has 1 aromatic carbocycles. The van der Waals surface area contributed by atoms with E-state index in [1.807, 2.05) is 19.1 Å². The maximum atomic E-state index is 8.95. The monoisotopic (exact) mass is 194 g/mol. The normalized spacial score (nSPS) is 14.1. The van der Waals surface area contributed by atoms with Crippen molar-refractivity contribution in [3.05, 3.63) is 23.3 Å². The van der Waals surface area contributed by atoms with Crippen LogP contribution in [0.3, 0.4) is 0 Å². The molecule has 3 nitrogen and oxygen atoms in total. The van der Waals surface area contributed by atoms with Gasteiger partial charge in [-0.3, -0.25) is 0 Å². The molecule has 1 N–H and O–H groups in total. The summed E-state index contributed by atoms with van der Waals surface area (Å²) in [5.41, 5.74) is 2.20. The molecule has 1 heterocycles. The second-order valence-corrected chi connectivity index (χ2v) is 3.36. The SMILES string of the molecule is Cc1ccc2c(c1CCO)OCCO2. The first-order chi connectivity index (χ1) is 6.83. The van der Waals surface area contributed by atoms with Crippen LogP contribution in [0, 0.1) is 6.92 Å². The number of benzene rings is 1. The van der Waals surface area contributed by atoms with E-state index in [4.69, 9.17) is 14.6 Å². The van der Waals surface area contributed by atoms with E-state index in [9.17, 15) is 0 Å². The fraction of sp³-hybridized carbons (Fsp3) is 0.455. The van der Waals surface area contributed by atoms with Crippen molar-refractivity contribution in [3.63, 3.8) is 0 Å². The lowest BCUT2D eigenvalue weighted by atomic mass is 10.0. The van der Waals surface area contributed by atoms with Gasteiger partial charge in [-0.05, 0) is 25.0 Å². The fourth-order valence-electron chi connectivity index (χ4n) is 1.69. The van der Waals surface area contributed by atoms with Crippen molar-refractivity contribution in [1.29, 1.82) is 0 Å². The summed E-state index contributed by atoms with van der Waals surface area (Å²) in [6.07, 6.45) is 0.623. The van der Waals surface area contributed by atoms with Crippen molar-refractivity contribution in [1.82, 2.24) is 0 Å². The number of rotatable bonds is 2. The molecule has 0 saturated heterocycles. The Bertz CT molecular complexity index is 334. The maximum absolute atomic E-state index is 8.95. The summed E-state index contributed by atoms with van der Waals surface area (Å²) >= 11 is 0. The highest BCUT2D eigenvalue weighted by atomic mass is 16.6. The van der Waals surface area contributed by atoms with Gasteiger partial charge in [0.05, 0.1) is 0 Å². The molecule has 0 saturated carbocycles. The minimum absolute atomic E-state index is 0.140. The van der Waals surface area contributed by atoms with Crippen LogP contribution in [0.2, 0.25) is 0 Å². The smallest absolute Gasteiger partial charge is 0.164 e. The van der Waals surface area contributed by atoms with Gasteiger partial charge in [0.15, 0.2) is 11.5 Å². The first-order valence-electron chi connectivity index (χ1n) is 4.82. The summed E-state index contributed by atoms with van der Waals surface area (Å²) in [6, 6.07) is 3.92. The molecule has 2 rings (SSSR count). The zero-order valence-corrected chi connectivity index (χ0v) is 8.25. The summed E-state index contributed by atoms with van der Waals surface area (Å²) in [6.45, 7) is 3.35. The van der Waals surface area contributed by atoms with Gasteiger partial charge in [-0.1, -0.05) is 6.07 Å². The van der Waals surface area contributed by atoms with Crippen LogP contribution in [0.5, 0.6) is 11.5 Å². The minimum atomic E-state index is 0.140. The van der Waals surface area contributed by atoms with E-state index >= 15 is 0 Å². The fourth-order valence-corrected chi connectivity index (χ4v) is 1.69. The average Bonchev–Trinajstić information content (AvgIpc) is 2.23. The second kappa shape index (κ2) is 3.88. The van der Waals surface area contributed by atoms with E-state index < -0.39 is 0 Å². The first kappa shape index (κ1) is 9.34. The molecule has 14 heavy (non-hydrogen) atoms. The molecule has 0 amide bonds. The molecule has 0 fully saturated rings. The molecule has 1 aromatic rings. The molecule has 0 atom stereocenters. The largest absolute Gasteiger partial charge is 0.486 e. The van der Waals surface area contributed by atoms with E-state index in [0.29, 0.717) is 19.6 Å². The molecule has 0 spiro atoms. The van der Waals surface area contributed by atoms with Crippen molar-refractivity contribution in [2.24, 2.45) is 0 Å². The van der Waals surface area contributed by atoms with Gasteiger partial charge in [0.2, 0.25) is 0 Å². The molecule has 0 radical (unpaired) electrons. The Labute approximate surface area is 83.3 Å². The lowest BCUT2D eigenvalue weighted by Crippen LogP contribution is -2.17. The van der Waals surface area contributed by atoms with Gasteiger partial charge in [-0.15, -0.1) is 0 Å². The van der Waals surface area contributed by atoms with Gasteiger partial charge in [-0.25, -0.2) is 0 Å². The van der Waals surface area contributed by atoms with Crippen LogP contribution in [0.1, 0.15) is 11.1 Å². The maximum Gasteiger partial charge on any atom is 0.164 e. The van der Waals surface area contributed by atoms with Crippen LogP contribution in [0.25, 0.3) is 0 Å². The second-order valence-electron chi connectivity index (χ2n) is 3.36. The highest BCUT2D eigenvalue weighted by Crippen LogP contribution is 2.35. The summed E-state index contributed by atoms with van der Waals surface area (Å²) in [5.74, 6) is 1.61. The summed E-state index contributed by atoms with van der Waals surface area (Å²) in [7, 11) is 0. The molecule has 76 valence electrons. The molecule has 0 unspecified atom stereocenters. The Hall–Kier alpha value is -1.22. The Morgan fingerprint density at radius 3 is 2.86 bits per heavy atom. The lowest BCUT2D eigenvalue weighted by Gasteiger charge is -2.22. The molecule has 0 aliphatic carbocycles. The summed E-state index contributed by atoms with van der Waals surface area (Å²) in [4.78, 5) is 0. The zero-order valence-electron chi connectivity index (χ0n) is 8.25. The van der Waals surface area contributed by atoms with Crippen LogP contribution >= 0.6 is 0 Å². The van der Waals surface area contributed by atoms with Crippen LogP contribution in [0.4, 0.5) is 0 Å². The topological polar surface area (TPSA) is 38.7 Å². The number of hydrogen-bond acceptors (Lipinski definition) is 3. The number of hydrogen-bond donors (Lipinski definition) is 1. The van der Waals surface area contributed by atoms with E-state index in [0.717, 1.165) is 22.6 Å². The van der Waals surface area contributed by atoms with Gasteiger partial charge in [0, 0.05) is 12.2 Å². The van der Waals surface area contributed by atoms with E-state index in [2.05, 4.69) is 0 Å². The van der Waals surface area contributed by atoms with Crippen molar-refractivity contribution >= 4 is 0 Å². The summed E-state index contributed by atoms with van der Waals surface area (Å²) in [5, 5.41) is 8.95. The number of aryl methyl sites for hydroxylation is 1. The van der Waals surface area contributed by atoms with E-state index in [-0.39, 0.29) is 6.61 Å². The zero-order chi connectivity index (χ0) is 9.97. The van der Waals surface area contributed by atoms with Crippen molar-refractivity contribution < 1.29 is 14.6 Å². The molecule has 0 aromatic heterocycles. The molecule has 0 bridgehead atoms. The Morgan fingerprint density at radius 2 is 2.07 bits per heavy atom. The Morgan fingerprint density at radius 1 is 1.29 bits per heavy atom. The van der Waals surface area contributed by atoms with E-state index in [1.165, 1.54) is 0 Å². The van der Waals surface area contributed by atoms with E-state index in [1.54, 1.807) is 0 Å². The average molecular weight is 194 g/mol. The van der Waals surface area contributed by atoms with Gasteiger partial charge >= 0.3 is 0 Å². The van der Waals surface area contributed by atoms with Crippen molar-refractivity contribution in [2.45, 2.75) is 13.3 Å². The van der Waals surface area contributed by atoms with Crippen molar-refractivity contribution in [3.8, 4) is 11.5 Å². The number of aliphatic hydroxyl groups is 1. The molecule has 1 aliphatic rings. The van der Waals surface area contributed by atoms with Crippen LogP contribution < -0.4 is 9.47 Å². The van der Waals surface area contributed by atoms with Gasteiger partial charge in [0.25, 0.3) is 0 Å². The number of aliphatic hydroxyl groups excluding tert-OH is 1. The van der Waals surface area contributed by atoms with Crippen LogP contribution in [-0.2, 0) is 6.42 Å². The summed E-state index contributed by atoms with van der Waals surface area (Å²) < 4.78 is 11.0. The quantitative estimate of drug-likeness (QED) is 0.771. The Balaban J connectivity index is 2.43. The number of fused-ring (bicyclic) bond motifs is 1. The third-order valence-corrected chi connectivity index (χ3v) is 2.41. The minimum Gasteiger partial charge on any atom is -0.486 e. The first-order valence-corrected chi connectivity index (χ1v) is 4.82. The van der Waals surface area contributed by atoms with Gasteiger partial charge in [-0.2, -0.15) is 0 Å². The molecule has 1 aliphatic heterocycles. The lowest BCUT2D eigenvalue weighted by molar-refractivity contribution is 0.169. The molecular weight excluding hydrogens is 180 g/mol. The highest BCUT2D eigenvalue weighted by molar-refractivity contribution is 5.51. The number of ether oxygens (including phenoxy) is 2. The molecular formula is C11H14O3. The standard InChI is InChI=1S/C11H14O3/c1-8-2-3-10-11(9(8)4-5-12)14-7-6-13-10/h2-3,12H,4-7H2,1H3.